The Morgan fingerprint density at radius 2 is 2.03 bits per heavy atom. The van der Waals surface area contributed by atoms with E-state index in [1.54, 1.807) is 6.20 Å². The lowest BCUT2D eigenvalue weighted by molar-refractivity contribution is 0.126. The normalized spacial score (nSPS) is 18.2. The lowest BCUT2D eigenvalue weighted by Crippen LogP contribution is -2.53. The van der Waals surface area contributed by atoms with Gasteiger partial charge < -0.3 is 10.6 Å². The highest BCUT2D eigenvalue weighted by Gasteiger charge is 2.30. The van der Waals surface area contributed by atoms with Crippen molar-refractivity contribution in [1.29, 1.82) is 5.26 Å². The zero-order valence-corrected chi connectivity index (χ0v) is 17.9. The van der Waals surface area contributed by atoms with Gasteiger partial charge in [-0.3, -0.25) is 15.3 Å². The molecule has 0 spiro atoms. The lowest BCUT2D eigenvalue weighted by atomic mass is 9.92. The minimum Gasteiger partial charge on any atom is -0.383 e. The number of anilines is 2. The molecule has 5 rings (SSSR count). The molecule has 1 saturated carbocycles. The highest BCUT2D eigenvalue weighted by molar-refractivity contribution is 5.83. The average molecular weight is 430 g/mol. The molecule has 2 fully saturated rings. The molecule has 1 atom stereocenters. The quantitative estimate of drug-likeness (QED) is 0.545. The van der Waals surface area contributed by atoms with E-state index in [-0.39, 0.29) is 6.17 Å². The Kier molecular flexibility index (Phi) is 5.71. The van der Waals surface area contributed by atoms with E-state index in [2.05, 4.69) is 47.4 Å². The minimum absolute atomic E-state index is 0.0968. The topological polar surface area (TPSA) is 123 Å². The Balaban J connectivity index is 1.36. The molecular weight excluding hydrogens is 402 g/mol. The number of nitriles is 1. The van der Waals surface area contributed by atoms with E-state index < -0.39 is 0 Å². The summed E-state index contributed by atoms with van der Waals surface area (Å²) in [5.41, 5.74) is 9.76. The Morgan fingerprint density at radius 3 is 2.72 bits per heavy atom. The van der Waals surface area contributed by atoms with Crippen molar-refractivity contribution in [3.8, 4) is 17.2 Å². The number of nitrogen functional groups attached to an aromatic ring is 1. The molecule has 164 valence electrons. The van der Waals surface area contributed by atoms with Gasteiger partial charge in [0.25, 0.3) is 0 Å². The van der Waals surface area contributed by atoms with Crippen LogP contribution in [0.4, 0.5) is 11.6 Å². The summed E-state index contributed by atoms with van der Waals surface area (Å²) in [6.07, 6.45) is 8.88. The van der Waals surface area contributed by atoms with Crippen molar-refractivity contribution in [3.05, 3.63) is 54.1 Å². The maximum absolute atomic E-state index is 9.36. The molecule has 0 amide bonds. The van der Waals surface area contributed by atoms with Crippen molar-refractivity contribution >= 4 is 11.6 Å². The number of H-pyrrole nitrogens is 1. The minimum atomic E-state index is 0.0968. The second kappa shape index (κ2) is 8.94. The molecular formula is C23H27N9. The molecule has 1 aliphatic carbocycles. The lowest BCUT2D eigenvalue weighted by Gasteiger charge is -2.43. The molecule has 9 nitrogen and oxygen atoms in total. The van der Waals surface area contributed by atoms with Crippen LogP contribution in [0, 0.1) is 11.3 Å². The number of nitrogens with zero attached hydrogens (tertiary/aromatic N) is 6. The SMILES string of the molecule is N#Cc1cccc([C@@H](NC2CCC2)N2CCN(c3ncnc(N)c3-c3cn[nH]c3)CC2)c1. The molecule has 3 heterocycles. The van der Waals surface area contributed by atoms with E-state index in [1.165, 1.54) is 25.6 Å². The summed E-state index contributed by atoms with van der Waals surface area (Å²) < 4.78 is 0. The number of nitrogens with two attached hydrogens (primary N) is 1. The van der Waals surface area contributed by atoms with Crippen LogP contribution < -0.4 is 16.0 Å². The number of nitrogens with one attached hydrogen (secondary N) is 2. The van der Waals surface area contributed by atoms with Crippen molar-refractivity contribution in [1.82, 2.24) is 30.4 Å². The van der Waals surface area contributed by atoms with Crippen molar-refractivity contribution in [2.45, 2.75) is 31.5 Å². The predicted octanol–water partition coefficient (Wildman–Crippen LogP) is 2.28. The smallest absolute Gasteiger partial charge is 0.142 e. The van der Waals surface area contributed by atoms with Crippen LogP contribution in [0.2, 0.25) is 0 Å². The second-order valence-corrected chi connectivity index (χ2v) is 8.40. The summed E-state index contributed by atoms with van der Waals surface area (Å²) in [5, 5.41) is 20.1. The van der Waals surface area contributed by atoms with Crippen LogP contribution in [-0.2, 0) is 0 Å². The summed E-state index contributed by atoms with van der Waals surface area (Å²) in [5.74, 6) is 1.30. The van der Waals surface area contributed by atoms with Crippen LogP contribution >= 0.6 is 0 Å². The van der Waals surface area contributed by atoms with Gasteiger partial charge in [0.05, 0.1) is 29.6 Å². The van der Waals surface area contributed by atoms with Crippen molar-refractivity contribution in [2.75, 3.05) is 36.8 Å². The van der Waals surface area contributed by atoms with Crippen LogP contribution in [0.5, 0.6) is 0 Å². The summed E-state index contributed by atoms with van der Waals surface area (Å²) in [7, 11) is 0. The molecule has 1 saturated heterocycles. The number of hydrogen-bond donors (Lipinski definition) is 3. The molecule has 0 radical (unpaired) electrons. The maximum atomic E-state index is 9.36. The molecule has 1 aliphatic heterocycles. The van der Waals surface area contributed by atoms with Crippen LogP contribution in [0.3, 0.4) is 0 Å². The number of hydrogen-bond acceptors (Lipinski definition) is 8. The summed E-state index contributed by atoms with van der Waals surface area (Å²) in [4.78, 5) is 13.5. The summed E-state index contributed by atoms with van der Waals surface area (Å²) >= 11 is 0. The fourth-order valence-corrected chi connectivity index (χ4v) is 4.47. The number of aromatic amines is 1. The second-order valence-electron chi connectivity index (χ2n) is 8.40. The molecule has 4 N–H and O–H groups in total. The van der Waals surface area contributed by atoms with Crippen LogP contribution in [0.25, 0.3) is 11.1 Å². The first-order valence-electron chi connectivity index (χ1n) is 11.1. The Bertz CT molecular complexity index is 1090. The van der Waals surface area contributed by atoms with Crippen molar-refractivity contribution in [2.24, 2.45) is 0 Å². The third kappa shape index (κ3) is 4.02. The van der Waals surface area contributed by atoms with E-state index in [0.29, 0.717) is 17.4 Å². The summed E-state index contributed by atoms with van der Waals surface area (Å²) in [6.45, 7) is 3.38. The Labute approximate surface area is 187 Å². The average Bonchev–Trinajstić information content (AvgIpc) is 3.33. The zero-order valence-electron chi connectivity index (χ0n) is 17.9. The van der Waals surface area contributed by atoms with E-state index in [9.17, 15) is 5.26 Å². The first-order chi connectivity index (χ1) is 15.7. The van der Waals surface area contributed by atoms with Crippen LogP contribution in [-0.4, -0.2) is 57.3 Å². The van der Waals surface area contributed by atoms with Gasteiger partial charge in [-0.2, -0.15) is 10.4 Å². The molecule has 0 bridgehead atoms. The number of aromatic nitrogens is 4. The van der Waals surface area contributed by atoms with Crippen LogP contribution in [0.15, 0.2) is 43.0 Å². The molecule has 2 aliphatic rings. The largest absolute Gasteiger partial charge is 0.383 e. The third-order valence-corrected chi connectivity index (χ3v) is 6.45. The van der Waals surface area contributed by atoms with Gasteiger partial charge in [0.15, 0.2) is 0 Å². The highest BCUT2D eigenvalue weighted by Crippen LogP contribution is 2.33. The highest BCUT2D eigenvalue weighted by atomic mass is 15.3. The predicted molar refractivity (Wildman–Crippen MR) is 122 cm³/mol. The first kappa shape index (κ1) is 20.4. The van der Waals surface area contributed by atoms with E-state index >= 15 is 0 Å². The number of rotatable bonds is 6. The van der Waals surface area contributed by atoms with Gasteiger partial charge in [0.2, 0.25) is 0 Å². The third-order valence-electron chi connectivity index (χ3n) is 6.45. The van der Waals surface area contributed by atoms with Crippen LogP contribution in [0.1, 0.15) is 36.6 Å². The monoisotopic (exact) mass is 429 g/mol. The van der Waals surface area contributed by atoms with Gasteiger partial charge in [-0.15, -0.1) is 0 Å². The Morgan fingerprint density at radius 1 is 1.19 bits per heavy atom. The fourth-order valence-electron chi connectivity index (χ4n) is 4.47. The van der Waals surface area contributed by atoms with Gasteiger partial charge in [0, 0.05) is 44.0 Å². The molecule has 1 aromatic carbocycles. The van der Waals surface area contributed by atoms with E-state index in [0.717, 1.165) is 48.7 Å². The fraction of sp³-hybridized carbons (Fsp3) is 0.391. The Hall–Kier alpha value is -3.48. The molecule has 9 heteroatoms. The number of benzene rings is 1. The van der Waals surface area contributed by atoms with Crippen molar-refractivity contribution < 1.29 is 0 Å². The molecule has 2 aromatic heterocycles. The first-order valence-corrected chi connectivity index (χ1v) is 11.1. The molecule has 0 unspecified atom stereocenters. The van der Waals surface area contributed by atoms with Gasteiger partial charge in [-0.1, -0.05) is 18.6 Å². The van der Waals surface area contributed by atoms with Crippen molar-refractivity contribution in [3.63, 3.8) is 0 Å². The van der Waals surface area contributed by atoms with E-state index in [1.807, 2.05) is 24.4 Å². The van der Waals surface area contributed by atoms with E-state index in [4.69, 9.17) is 5.73 Å². The van der Waals surface area contributed by atoms with Gasteiger partial charge >= 0.3 is 0 Å². The molecule has 3 aromatic rings. The number of piperazine rings is 1. The molecule has 32 heavy (non-hydrogen) atoms. The standard InChI is InChI=1S/C23H27N9/c24-12-16-3-1-4-17(11-16)22(30-19-5-2-6-19)31-7-9-32(10-8-31)23-20(18-13-28-29-14-18)21(25)26-15-27-23/h1,3-4,11,13-15,19,22,30H,2,5-10H2,(H,28,29)(H2,25,26,27)/t22-/m0/s1. The zero-order chi connectivity index (χ0) is 21.9. The van der Waals surface area contributed by atoms with Gasteiger partial charge in [-0.05, 0) is 30.5 Å². The van der Waals surface area contributed by atoms with Gasteiger partial charge in [-0.25, -0.2) is 9.97 Å². The van der Waals surface area contributed by atoms with Gasteiger partial charge in [0.1, 0.15) is 18.0 Å². The maximum Gasteiger partial charge on any atom is 0.142 e. The summed E-state index contributed by atoms with van der Waals surface area (Å²) in [6, 6.07) is 10.8.